The molecule has 1 aromatic rings. The van der Waals surface area contributed by atoms with Crippen LogP contribution in [0.4, 0.5) is 11.8 Å². The van der Waals surface area contributed by atoms with E-state index < -0.39 is 0 Å². The van der Waals surface area contributed by atoms with Crippen LogP contribution in [-0.2, 0) is 0 Å². The van der Waals surface area contributed by atoms with E-state index in [4.69, 9.17) is 0 Å². The van der Waals surface area contributed by atoms with E-state index in [1.807, 2.05) is 6.92 Å². The van der Waals surface area contributed by atoms with Crippen LogP contribution in [0.5, 0.6) is 0 Å². The van der Waals surface area contributed by atoms with Crippen LogP contribution in [0, 0.1) is 12.8 Å². The molecule has 0 bridgehead atoms. The van der Waals surface area contributed by atoms with Crippen molar-refractivity contribution >= 4 is 11.8 Å². The Morgan fingerprint density at radius 2 is 2.29 bits per heavy atom. The average Bonchev–Trinajstić information content (AvgIpc) is 2.72. The quantitative estimate of drug-likeness (QED) is 0.869. The molecule has 0 spiro atoms. The lowest BCUT2D eigenvalue weighted by molar-refractivity contribution is 0.659. The Balaban J connectivity index is 2.13. The molecule has 1 aromatic heterocycles. The Bertz CT molecular complexity index is 378. The normalized spacial score (nSPS) is 19.7. The second-order valence-electron chi connectivity index (χ2n) is 4.96. The largest absolute Gasteiger partial charge is 0.356 e. The van der Waals surface area contributed by atoms with Crippen molar-refractivity contribution in [2.75, 3.05) is 29.9 Å². The number of hydrogen-bond donors (Lipinski definition) is 1. The fourth-order valence-corrected chi connectivity index (χ4v) is 2.17. The van der Waals surface area contributed by atoms with Gasteiger partial charge in [0.05, 0.1) is 0 Å². The second kappa shape index (κ2) is 5.34. The van der Waals surface area contributed by atoms with Gasteiger partial charge in [0.2, 0.25) is 5.95 Å². The van der Waals surface area contributed by atoms with E-state index in [1.54, 1.807) is 0 Å². The Morgan fingerprint density at radius 3 is 2.94 bits per heavy atom. The summed E-state index contributed by atoms with van der Waals surface area (Å²) in [7, 11) is 0. The lowest BCUT2D eigenvalue weighted by Crippen LogP contribution is -2.21. The predicted molar refractivity (Wildman–Crippen MR) is 71.5 cm³/mol. The summed E-state index contributed by atoms with van der Waals surface area (Å²) in [6.07, 6.45) is 2.36. The third-order valence-corrected chi connectivity index (χ3v) is 3.12. The molecule has 0 saturated carbocycles. The van der Waals surface area contributed by atoms with Gasteiger partial charge in [0.1, 0.15) is 5.82 Å². The second-order valence-corrected chi connectivity index (χ2v) is 4.96. The number of aryl methyl sites for hydroxylation is 1. The molecule has 4 heteroatoms. The molecule has 1 saturated heterocycles. The van der Waals surface area contributed by atoms with Crippen LogP contribution < -0.4 is 10.2 Å². The molecule has 0 aliphatic carbocycles. The van der Waals surface area contributed by atoms with E-state index in [0.717, 1.165) is 49.4 Å². The number of nitrogens with zero attached hydrogens (tertiary/aromatic N) is 3. The molecule has 1 aliphatic heterocycles. The van der Waals surface area contributed by atoms with Gasteiger partial charge in [-0.1, -0.05) is 13.8 Å². The Hall–Kier alpha value is -1.32. The first-order valence-electron chi connectivity index (χ1n) is 6.53. The minimum Gasteiger partial charge on any atom is -0.356 e. The van der Waals surface area contributed by atoms with Crippen molar-refractivity contribution in [1.29, 1.82) is 0 Å². The highest BCUT2D eigenvalue weighted by Crippen LogP contribution is 2.22. The van der Waals surface area contributed by atoms with Gasteiger partial charge < -0.3 is 10.2 Å². The zero-order chi connectivity index (χ0) is 12.3. The summed E-state index contributed by atoms with van der Waals surface area (Å²) in [6, 6.07) is 2.08. The molecule has 2 heterocycles. The van der Waals surface area contributed by atoms with E-state index >= 15 is 0 Å². The summed E-state index contributed by atoms with van der Waals surface area (Å²) in [4.78, 5) is 11.4. The molecular formula is C13H22N4. The molecule has 2 rings (SSSR count). The fourth-order valence-electron chi connectivity index (χ4n) is 2.17. The van der Waals surface area contributed by atoms with Crippen molar-refractivity contribution in [3.05, 3.63) is 11.8 Å². The first kappa shape index (κ1) is 12.1. The molecule has 0 amide bonds. The third kappa shape index (κ3) is 3.08. The standard InChI is InChI=1S/C13H22N4/c1-4-6-14-13-15-11(3)8-12(16-13)17-7-5-10(2)9-17/h8,10H,4-7,9H2,1-3H3,(H,14,15,16). The van der Waals surface area contributed by atoms with Gasteiger partial charge in [0.25, 0.3) is 0 Å². The predicted octanol–water partition coefficient (Wildman–Crippen LogP) is 2.45. The lowest BCUT2D eigenvalue weighted by atomic mass is 10.2. The number of hydrogen-bond acceptors (Lipinski definition) is 4. The molecule has 1 unspecified atom stereocenters. The summed E-state index contributed by atoms with van der Waals surface area (Å²) >= 11 is 0. The average molecular weight is 234 g/mol. The topological polar surface area (TPSA) is 41.1 Å². The minimum atomic E-state index is 0.765. The van der Waals surface area contributed by atoms with Gasteiger partial charge in [-0.2, -0.15) is 4.98 Å². The van der Waals surface area contributed by atoms with E-state index in [-0.39, 0.29) is 0 Å². The maximum absolute atomic E-state index is 4.59. The highest BCUT2D eigenvalue weighted by molar-refractivity contribution is 5.45. The molecule has 1 aliphatic rings. The Morgan fingerprint density at radius 1 is 1.47 bits per heavy atom. The van der Waals surface area contributed by atoms with Gasteiger partial charge in [-0.15, -0.1) is 0 Å². The third-order valence-electron chi connectivity index (χ3n) is 3.12. The highest BCUT2D eigenvalue weighted by atomic mass is 15.2. The monoisotopic (exact) mass is 234 g/mol. The van der Waals surface area contributed by atoms with E-state index in [9.17, 15) is 0 Å². The number of aromatic nitrogens is 2. The molecule has 94 valence electrons. The molecule has 17 heavy (non-hydrogen) atoms. The van der Waals surface area contributed by atoms with Crippen LogP contribution in [0.2, 0.25) is 0 Å². The van der Waals surface area contributed by atoms with Crippen LogP contribution >= 0.6 is 0 Å². The number of nitrogens with one attached hydrogen (secondary N) is 1. The SMILES string of the molecule is CCCNc1nc(C)cc(N2CCC(C)C2)n1. The van der Waals surface area contributed by atoms with Gasteiger partial charge in [-0.25, -0.2) is 4.98 Å². The van der Waals surface area contributed by atoms with Gasteiger partial charge in [-0.05, 0) is 25.7 Å². The summed E-state index contributed by atoms with van der Waals surface area (Å²) in [5.41, 5.74) is 1.04. The smallest absolute Gasteiger partial charge is 0.224 e. The van der Waals surface area contributed by atoms with Crippen molar-refractivity contribution in [3.8, 4) is 0 Å². The molecule has 0 aromatic carbocycles. The van der Waals surface area contributed by atoms with Gasteiger partial charge in [-0.3, -0.25) is 0 Å². The van der Waals surface area contributed by atoms with Crippen LogP contribution in [0.15, 0.2) is 6.07 Å². The molecule has 4 nitrogen and oxygen atoms in total. The maximum Gasteiger partial charge on any atom is 0.224 e. The maximum atomic E-state index is 4.59. The zero-order valence-electron chi connectivity index (χ0n) is 11.0. The number of rotatable bonds is 4. The van der Waals surface area contributed by atoms with Crippen LogP contribution in [-0.4, -0.2) is 29.6 Å². The van der Waals surface area contributed by atoms with E-state index in [1.165, 1.54) is 6.42 Å². The van der Waals surface area contributed by atoms with Gasteiger partial charge in [0.15, 0.2) is 0 Å². The Labute approximate surface area is 103 Å². The van der Waals surface area contributed by atoms with Gasteiger partial charge in [0, 0.05) is 31.4 Å². The summed E-state index contributed by atoms with van der Waals surface area (Å²) < 4.78 is 0. The molecular weight excluding hydrogens is 212 g/mol. The van der Waals surface area contributed by atoms with Crippen LogP contribution in [0.3, 0.4) is 0 Å². The first-order chi connectivity index (χ1) is 8.19. The molecule has 1 atom stereocenters. The van der Waals surface area contributed by atoms with Crippen molar-refractivity contribution in [1.82, 2.24) is 9.97 Å². The first-order valence-corrected chi connectivity index (χ1v) is 6.53. The molecule has 1 N–H and O–H groups in total. The zero-order valence-corrected chi connectivity index (χ0v) is 11.0. The lowest BCUT2D eigenvalue weighted by Gasteiger charge is -2.18. The van der Waals surface area contributed by atoms with Crippen LogP contribution in [0.25, 0.3) is 0 Å². The van der Waals surface area contributed by atoms with Crippen molar-refractivity contribution in [2.24, 2.45) is 5.92 Å². The van der Waals surface area contributed by atoms with E-state index in [0.29, 0.717) is 0 Å². The summed E-state index contributed by atoms with van der Waals surface area (Å²) in [5, 5.41) is 3.26. The molecule has 1 fully saturated rings. The highest BCUT2D eigenvalue weighted by Gasteiger charge is 2.20. The van der Waals surface area contributed by atoms with Crippen molar-refractivity contribution < 1.29 is 0 Å². The van der Waals surface area contributed by atoms with Crippen molar-refractivity contribution in [2.45, 2.75) is 33.6 Å². The summed E-state index contributed by atoms with van der Waals surface area (Å²) in [6.45, 7) is 9.63. The van der Waals surface area contributed by atoms with Gasteiger partial charge >= 0.3 is 0 Å². The molecule has 0 radical (unpaired) electrons. The Kier molecular flexibility index (Phi) is 3.82. The van der Waals surface area contributed by atoms with Crippen molar-refractivity contribution in [3.63, 3.8) is 0 Å². The van der Waals surface area contributed by atoms with Crippen LogP contribution in [0.1, 0.15) is 32.4 Å². The fraction of sp³-hybridized carbons (Fsp3) is 0.692. The minimum absolute atomic E-state index is 0.765. The number of anilines is 2. The van der Waals surface area contributed by atoms with E-state index in [2.05, 4.69) is 40.1 Å². The summed E-state index contributed by atoms with van der Waals surface area (Å²) in [5.74, 6) is 2.61.